The molecule has 1 heterocycles. The van der Waals surface area contributed by atoms with Crippen molar-refractivity contribution in [2.75, 3.05) is 13.3 Å². The lowest BCUT2D eigenvalue weighted by atomic mass is 9.82. The minimum Gasteiger partial charge on any atom is -0.370 e. The van der Waals surface area contributed by atoms with Gasteiger partial charge in [-0.25, -0.2) is 4.99 Å². The molecule has 2 fully saturated rings. The van der Waals surface area contributed by atoms with E-state index >= 15 is 0 Å². The van der Waals surface area contributed by atoms with Gasteiger partial charge in [-0.2, -0.15) is 13.2 Å². The highest BCUT2D eigenvalue weighted by Gasteiger charge is 2.92. The van der Waals surface area contributed by atoms with Crippen LogP contribution in [0.5, 0.6) is 0 Å². The molecule has 0 saturated heterocycles. The van der Waals surface area contributed by atoms with Crippen LogP contribution >= 0.6 is 0 Å². The van der Waals surface area contributed by atoms with E-state index in [1.165, 1.54) is 11.1 Å². The van der Waals surface area contributed by atoms with E-state index in [4.69, 9.17) is 15.5 Å². The number of fused-ring (bicyclic) bond motifs is 1. The number of ether oxygens (including phenoxy) is 1. The summed E-state index contributed by atoms with van der Waals surface area (Å²) >= 11 is 0. The topological polar surface area (TPSA) is 50.8 Å². The lowest BCUT2D eigenvalue weighted by Crippen LogP contribution is -2.45. The largest absolute Gasteiger partial charge is 0.406 e. The van der Waals surface area contributed by atoms with E-state index in [-0.39, 0.29) is 18.1 Å². The van der Waals surface area contributed by atoms with Crippen molar-refractivity contribution >= 4 is 5.96 Å². The fourth-order valence-electron chi connectivity index (χ4n) is 6.61. The van der Waals surface area contributed by atoms with Gasteiger partial charge in [-0.15, -0.1) is 0 Å². The van der Waals surface area contributed by atoms with E-state index in [1.807, 2.05) is 0 Å². The third-order valence-electron chi connectivity index (χ3n) is 7.88. The number of aliphatic imine (C=N–C) groups is 1. The number of halogens is 3. The maximum Gasteiger partial charge on any atom is 0.406 e. The average Bonchev–Trinajstić information content (AvgIpc) is 3.09. The van der Waals surface area contributed by atoms with Crippen molar-refractivity contribution in [3.8, 4) is 0 Å². The Morgan fingerprint density at radius 2 is 2.00 bits per heavy atom. The Morgan fingerprint density at radius 3 is 2.73 bits per heavy atom. The SMILES string of the molecule is CC(C)CCc1ccc2c(c1)C13N=C(N)N(CC(F)(F)F)COC14CCCC[C@]43C2. The van der Waals surface area contributed by atoms with Gasteiger partial charge in [-0.3, -0.25) is 0 Å². The van der Waals surface area contributed by atoms with E-state index in [9.17, 15) is 13.2 Å². The number of aryl methyl sites for hydroxylation is 1. The number of hydrogen-bond donors (Lipinski definition) is 1. The van der Waals surface area contributed by atoms with E-state index in [2.05, 4.69) is 32.0 Å². The summed E-state index contributed by atoms with van der Waals surface area (Å²) < 4.78 is 45.6. The van der Waals surface area contributed by atoms with Crippen LogP contribution in [0.2, 0.25) is 0 Å². The number of hydrogen-bond acceptors (Lipinski definition) is 4. The van der Waals surface area contributed by atoms with Crippen LogP contribution in [0, 0.1) is 11.3 Å². The molecule has 4 nitrogen and oxygen atoms in total. The molecule has 3 spiro atoms. The zero-order valence-corrected chi connectivity index (χ0v) is 17.7. The van der Waals surface area contributed by atoms with E-state index in [0.717, 1.165) is 55.4 Å². The second kappa shape index (κ2) is 6.38. The third kappa shape index (κ3) is 2.53. The summed E-state index contributed by atoms with van der Waals surface area (Å²) in [6.45, 7) is 3.14. The van der Waals surface area contributed by atoms with E-state index < -0.39 is 23.9 Å². The van der Waals surface area contributed by atoms with Crippen LogP contribution in [0.3, 0.4) is 0 Å². The minimum atomic E-state index is -4.35. The first kappa shape index (κ1) is 20.2. The van der Waals surface area contributed by atoms with Crippen molar-refractivity contribution in [1.82, 2.24) is 4.90 Å². The summed E-state index contributed by atoms with van der Waals surface area (Å²) in [7, 11) is 0. The second-order valence-electron chi connectivity index (χ2n) is 9.98. The normalized spacial score (nSPS) is 34.6. The zero-order valence-electron chi connectivity index (χ0n) is 17.7. The van der Waals surface area contributed by atoms with Crippen molar-refractivity contribution in [3.05, 3.63) is 34.9 Å². The number of alkyl halides is 3. The van der Waals surface area contributed by atoms with Gasteiger partial charge in [0.1, 0.15) is 24.4 Å². The van der Waals surface area contributed by atoms with Gasteiger partial charge in [0.15, 0.2) is 5.96 Å². The summed E-state index contributed by atoms with van der Waals surface area (Å²) in [4.78, 5) is 5.95. The summed E-state index contributed by atoms with van der Waals surface area (Å²) in [5, 5.41) is 0. The molecule has 0 bridgehead atoms. The van der Waals surface area contributed by atoms with Crippen LogP contribution in [-0.2, 0) is 23.1 Å². The number of nitrogens with two attached hydrogens (primary N) is 1. The molecule has 164 valence electrons. The third-order valence-corrected chi connectivity index (χ3v) is 7.88. The maximum absolute atomic E-state index is 13.1. The van der Waals surface area contributed by atoms with Gasteiger partial charge in [0.05, 0.1) is 0 Å². The first-order valence-electron chi connectivity index (χ1n) is 11.1. The van der Waals surface area contributed by atoms with Gasteiger partial charge in [0, 0.05) is 5.41 Å². The Hall–Kier alpha value is -1.76. The molecule has 0 amide bonds. The van der Waals surface area contributed by atoms with Crippen LogP contribution in [0.1, 0.15) is 62.6 Å². The highest BCUT2D eigenvalue weighted by Crippen LogP contribution is 2.85. The van der Waals surface area contributed by atoms with Crippen LogP contribution in [0.4, 0.5) is 13.2 Å². The van der Waals surface area contributed by atoms with Crippen molar-refractivity contribution < 1.29 is 17.9 Å². The number of benzene rings is 1. The minimum absolute atomic E-state index is 0.0431. The van der Waals surface area contributed by atoms with E-state index in [0.29, 0.717) is 5.92 Å². The predicted molar refractivity (Wildman–Crippen MR) is 109 cm³/mol. The summed E-state index contributed by atoms with van der Waals surface area (Å²) in [6, 6.07) is 6.64. The molecule has 30 heavy (non-hydrogen) atoms. The molecule has 1 aromatic rings. The molecule has 2 unspecified atom stereocenters. The van der Waals surface area contributed by atoms with Gasteiger partial charge in [0.25, 0.3) is 0 Å². The molecule has 4 aliphatic rings. The zero-order chi connectivity index (χ0) is 21.4. The monoisotopic (exact) mass is 421 g/mol. The Kier molecular flexibility index (Phi) is 4.28. The molecule has 2 saturated carbocycles. The fourth-order valence-corrected chi connectivity index (χ4v) is 6.61. The molecule has 7 heteroatoms. The van der Waals surface area contributed by atoms with Gasteiger partial charge in [-0.1, -0.05) is 44.9 Å². The molecule has 2 N–H and O–H groups in total. The molecule has 1 aliphatic heterocycles. The molecule has 0 aromatic heterocycles. The van der Waals surface area contributed by atoms with Crippen LogP contribution in [-0.4, -0.2) is 35.9 Å². The first-order valence-corrected chi connectivity index (χ1v) is 11.1. The second-order valence-corrected chi connectivity index (χ2v) is 9.98. The van der Waals surface area contributed by atoms with Crippen molar-refractivity contribution in [2.24, 2.45) is 22.1 Å². The average molecular weight is 422 g/mol. The Bertz CT molecular complexity index is 898. The summed E-state index contributed by atoms with van der Waals surface area (Å²) in [6.07, 6.45) is 2.55. The van der Waals surface area contributed by atoms with E-state index in [1.54, 1.807) is 0 Å². The van der Waals surface area contributed by atoms with Crippen molar-refractivity contribution in [1.29, 1.82) is 0 Å². The molecule has 3 aliphatic carbocycles. The molecule has 3 atom stereocenters. The molecular formula is C23H30F3N3O. The number of rotatable bonds is 4. The van der Waals surface area contributed by atoms with Gasteiger partial charge in [0.2, 0.25) is 0 Å². The molecule has 1 aromatic carbocycles. The predicted octanol–water partition coefficient (Wildman–Crippen LogP) is 4.51. The van der Waals surface area contributed by atoms with Gasteiger partial charge in [-0.05, 0) is 54.7 Å². The Balaban J connectivity index is 1.59. The first-order chi connectivity index (χ1) is 14.1. The van der Waals surface area contributed by atoms with Gasteiger partial charge >= 0.3 is 6.18 Å². The number of guanidine groups is 1. The lowest BCUT2D eigenvalue weighted by Gasteiger charge is -2.32. The molecule has 0 radical (unpaired) electrons. The maximum atomic E-state index is 13.1. The quantitative estimate of drug-likeness (QED) is 0.779. The van der Waals surface area contributed by atoms with Crippen LogP contribution < -0.4 is 5.73 Å². The Labute approximate surface area is 175 Å². The fraction of sp³-hybridized carbons (Fsp3) is 0.696. The summed E-state index contributed by atoms with van der Waals surface area (Å²) in [5.41, 5.74) is 8.53. The van der Waals surface area contributed by atoms with Crippen LogP contribution in [0.15, 0.2) is 23.2 Å². The lowest BCUT2D eigenvalue weighted by molar-refractivity contribution is -0.153. The van der Waals surface area contributed by atoms with Crippen molar-refractivity contribution in [2.45, 2.75) is 76.1 Å². The Morgan fingerprint density at radius 1 is 1.23 bits per heavy atom. The highest BCUT2D eigenvalue weighted by atomic mass is 19.4. The summed E-state index contributed by atoms with van der Waals surface area (Å²) in [5.74, 6) is 0.571. The van der Waals surface area contributed by atoms with Crippen molar-refractivity contribution in [3.63, 3.8) is 0 Å². The number of nitrogens with zero attached hydrogens (tertiary/aromatic N) is 2. The molecule has 5 rings (SSSR count). The van der Waals surface area contributed by atoms with Gasteiger partial charge < -0.3 is 15.4 Å². The smallest absolute Gasteiger partial charge is 0.370 e. The molecular weight excluding hydrogens is 391 g/mol. The highest BCUT2D eigenvalue weighted by molar-refractivity contribution is 5.81. The standard InChI is InChI=1S/C23H30F3N3O/c1-15(2)5-6-16-7-8-17-12-20-9-3-4-10-21(20)23(20,18(17)11-16)28-19(27)29(14-30-21)13-22(24,25)26/h7-8,11,15H,3-6,9-10,12-14H2,1-2H3,(H2,27,28)/t20-,21?,23?/m0/s1. The van der Waals surface area contributed by atoms with Crippen LogP contribution in [0.25, 0.3) is 0 Å².